The van der Waals surface area contributed by atoms with Crippen LogP contribution in [0.5, 0.6) is 0 Å². The number of hydrogen-bond acceptors (Lipinski definition) is 6. The van der Waals surface area contributed by atoms with Gasteiger partial charge in [0.2, 0.25) is 5.91 Å². The number of ether oxygens (including phenoxy) is 1. The number of hydrogen-bond donors (Lipinski definition) is 1. The summed E-state index contributed by atoms with van der Waals surface area (Å²) in [5, 5.41) is 9.03. The summed E-state index contributed by atoms with van der Waals surface area (Å²) < 4.78 is 5.08. The van der Waals surface area contributed by atoms with Gasteiger partial charge >= 0.3 is 17.8 Å². The molecule has 0 aromatic heterocycles. The van der Waals surface area contributed by atoms with Crippen molar-refractivity contribution in [1.82, 2.24) is 4.90 Å². The van der Waals surface area contributed by atoms with Gasteiger partial charge in [-0.1, -0.05) is 24.3 Å². The van der Waals surface area contributed by atoms with Crippen LogP contribution < -0.4 is 0 Å². The summed E-state index contributed by atoms with van der Waals surface area (Å²) in [4.78, 5) is 60.5. The molecule has 27 heavy (non-hydrogen) atoms. The maximum absolute atomic E-state index is 13.0. The molecular weight excluding hydrogens is 354 g/mol. The van der Waals surface area contributed by atoms with Crippen molar-refractivity contribution in [3.63, 3.8) is 0 Å². The Morgan fingerprint density at radius 2 is 1.89 bits per heavy atom. The number of aliphatic carboxylic acids is 1. The van der Waals surface area contributed by atoms with E-state index in [1.54, 1.807) is 12.1 Å². The number of nitrogens with zero attached hydrogens (tertiary/aromatic N) is 1. The second-order valence-electron chi connectivity index (χ2n) is 6.82. The molecule has 1 heterocycles. The van der Waals surface area contributed by atoms with Crippen LogP contribution in [0.25, 0.3) is 0 Å². The molecule has 1 aromatic rings. The van der Waals surface area contributed by atoms with Gasteiger partial charge in [0.15, 0.2) is 5.78 Å². The number of benzene rings is 1. The number of imide groups is 1. The van der Waals surface area contributed by atoms with Crippen LogP contribution in [-0.2, 0) is 30.3 Å². The number of esters is 1. The average Bonchev–Trinajstić information content (AvgIpc) is 2.60. The summed E-state index contributed by atoms with van der Waals surface area (Å²) in [7, 11) is 0. The number of Topliss-reactive ketones (excluding diaryl/α,β-unsaturated/α-hetero) is 1. The highest BCUT2D eigenvalue weighted by Crippen LogP contribution is 2.41. The molecule has 8 nitrogen and oxygen atoms in total. The smallest absolute Gasteiger partial charge is 0.395 e. The van der Waals surface area contributed by atoms with Crippen molar-refractivity contribution in [2.24, 2.45) is 11.8 Å². The molecule has 0 saturated carbocycles. The van der Waals surface area contributed by atoms with Crippen molar-refractivity contribution >= 4 is 29.5 Å². The van der Waals surface area contributed by atoms with Crippen molar-refractivity contribution in [1.29, 1.82) is 0 Å². The third-order valence-electron chi connectivity index (χ3n) is 5.20. The van der Waals surface area contributed by atoms with Gasteiger partial charge < -0.3 is 9.84 Å². The quantitative estimate of drug-likeness (QED) is 0.473. The van der Waals surface area contributed by atoms with E-state index in [1.807, 2.05) is 12.1 Å². The molecule has 2 amide bonds. The Bertz CT molecular complexity index is 846. The van der Waals surface area contributed by atoms with Crippen LogP contribution in [0.3, 0.4) is 0 Å². The predicted molar refractivity (Wildman–Crippen MR) is 90.6 cm³/mol. The Hall–Kier alpha value is -3.03. The first-order valence-corrected chi connectivity index (χ1v) is 8.63. The molecule has 1 aliphatic carbocycles. The number of carboxylic acids is 1. The average molecular weight is 373 g/mol. The Morgan fingerprint density at radius 1 is 1.22 bits per heavy atom. The fourth-order valence-electron chi connectivity index (χ4n) is 4.06. The Kier molecular flexibility index (Phi) is 4.82. The zero-order valence-electron chi connectivity index (χ0n) is 14.9. The summed E-state index contributed by atoms with van der Waals surface area (Å²) in [6.07, 6.45) is 0.0736. The van der Waals surface area contributed by atoms with E-state index in [-0.39, 0.29) is 5.78 Å². The van der Waals surface area contributed by atoms with Gasteiger partial charge in [0.1, 0.15) is 6.10 Å². The molecule has 142 valence electrons. The molecule has 1 saturated heterocycles. The van der Waals surface area contributed by atoms with Crippen molar-refractivity contribution in [2.75, 3.05) is 0 Å². The van der Waals surface area contributed by atoms with Crippen LogP contribution in [0, 0.1) is 11.8 Å². The zero-order chi connectivity index (χ0) is 19.9. The molecule has 1 aliphatic heterocycles. The maximum Gasteiger partial charge on any atom is 0.395 e. The van der Waals surface area contributed by atoms with Gasteiger partial charge in [0.25, 0.3) is 0 Å². The van der Waals surface area contributed by atoms with Crippen LogP contribution in [0.2, 0.25) is 0 Å². The second-order valence-corrected chi connectivity index (χ2v) is 6.82. The first-order valence-electron chi connectivity index (χ1n) is 8.63. The highest BCUT2D eigenvalue weighted by molar-refractivity contribution is 6.35. The number of rotatable bonds is 3. The van der Waals surface area contributed by atoms with Gasteiger partial charge in [-0.25, -0.2) is 4.79 Å². The summed E-state index contributed by atoms with van der Waals surface area (Å²) in [6, 6.07) is 6.12. The lowest BCUT2D eigenvalue weighted by atomic mass is 9.69. The summed E-state index contributed by atoms with van der Waals surface area (Å²) in [5.41, 5.74) is 1.39. The first-order chi connectivity index (χ1) is 12.7. The number of β-lactam (4-membered cyclic amide) rings is 1. The fourth-order valence-corrected chi connectivity index (χ4v) is 4.06. The number of carbonyl (C=O) groups is 5. The van der Waals surface area contributed by atoms with Gasteiger partial charge in [-0.2, -0.15) is 0 Å². The first kappa shape index (κ1) is 18.8. The zero-order valence-corrected chi connectivity index (χ0v) is 14.9. The molecule has 0 unspecified atom stereocenters. The molecule has 1 N–H and O–H groups in total. The molecule has 1 fully saturated rings. The molecule has 8 heteroatoms. The van der Waals surface area contributed by atoms with Gasteiger partial charge in [-0.3, -0.25) is 24.1 Å². The number of amides is 2. The number of likely N-dealkylation sites (tertiary alicyclic amines) is 1. The number of carbonyl (C=O) groups excluding carboxylic acids is 4. The molecule has 0 radical (unpaired) electrons. The standard InChI is InChI=1S/C19H19NO7/c1-9(27-10(2)21)14-15(20(17(14)23)18(24)19(25)26)13-8-7-11-5-3-4-6-12(11)16(13)22/h3-6,9,13-15H,7-8H2,1-2H3,(H,25,26)/t9-,13-,14-,15-/m1/s1. The van der Waals surface area contributed by atoms with E-state index in [2.05, 4.69) is 0 Å². The van der Waals surface area contributed by atoms with E-state index in [9.17, 15) is 24.0 Å². The third-order valence-corrected chi connectivity index (χ3v) is 5.20. The topological polar surface area (TPSA) is 118 Å². The van der Waals surface area contributed by atoms with Crippen LogP contribution >= 0.6 is 0 Å². The molecule has 0 bridgehead atoms. The third kappa shape index (κ3) is 3.11. The van der Waals surface area contributed by atoms with E-state index >= 15 is 0 Å². The van der Waals surface area contributed by atoms with Crippen LogP contribution in [0.15, 0.2) is 24.3 Å². The van der Waals surface area contributed by atoms with E-state index in [4.69, 9.17) is 9.84 Å². The van der Waals surface area contributed by atoms with Crippen molar-refractivity contribution in [2.45, 2.75) is 38.8 Å². The highest BCUT2D eigenvalue weighted by Gasteiger charge is 2.59. The normalized spacial score (nSPS) is 25.3. The largest absolute Gasteiger partial charge is 0.474 e. The molecular formula is C19H19NO7. The minimum Gasteiger partial charge on any atom is -0.474 e. The van der Waals surface area contributed by atoms with Crippen molar-refractivity contribution in [3.8, 4) is 0 Å². The minimum absolute atomic E-state index is 0.238. The van der Waals surface area contributed by atoms with Gasteiger partial charge in [0.05, 0.1) is 12.0 Å². The number of carboxylic acid groups (broad SMARTS) is 1. The molecule has 2 aliphatic rings. The molecule has 4 atom stereocenters. The maximum atomic E-state index is 13.0. The highest BCUT2D eigenvalue weighted by atomic mass is 16.5. The van der Waals surface area contributed by atoms with E-state index in [0.29, 0.717) is 23.3 Å². The second kappa shape index (κ2) is 6.94. The fraction of sp³-hybridized carbons (Fsp3) is 0.421. The van der Waals surface area contributed by atoms with E-state index in [1.165, 1.54) is 13.8 Å². The van der Waals surface area contributed by atoms with E-state index in [0.717, 1.165) is 5.56 Å². The molecule has 3 rings (SSSR count). The SMILES string of the molecule is CC(=O)O[C@H](C)[C@H]1C(=O)N(C(=O)C(=O)O)[C@@H]1[C@H]1CCc2ccccc2C1=O. The Labute approximate surface area is 155 Å². The van der Waals surface area contributed by atoms with Crippen LogP contribution in [0.4, 0.5) is 0 Å². The summed E-state index contributed by atoms with van der Waals surface area (Å²) >= 11 is 0. The number of fused-ring (bicyclic) bond motifs is 1. The van der Waals surface area contributed by atoms with Gasteiger partial charge in [0, 0.05) is 18.4 Å². The van der Waals surface area contributed by atoms with Crippen LogP contribution in [0.1, 0.15) is 36.2 Å². The Morgan fingerprint density at radius 3 is 2.52 bits per heavy atom. The van der Waals surface area contributed by atoms with E-state index < -0.39 is 47.7 Å². The van der Waals surface area contributed by atoms with Gasteiger partial charge in [-0.15, -0.1) is 0 Å². The monoisotopic (exact) mass is 373 g/mol. The number of aryl methyl sites for hydroxylation is 1. The number of ketones is 1. The minimum atomic E-state index is -1.77. The van der Waals surface area contributed by atoms with Crippen molar-refractivity contribution < 1.29 is 33.8 Å². The summed E-state index contributed by atoms with van der Waals surface area (Å²) in [5.74, 6) is -6.39. The lowest BCUT2D eigenvalue weighted by Crippen LogP contribution is -2.71. The predicted octanol–water partition coefficient (Wildman–Crippen LogP) is 0.821. The molecule has 0 spiro atoms. The summed E-state index contributed by atoms with van der Waals surface area (Å²) in [6.45, 7) is 2.69. The molecule has 1 aromatic carbocycles. The van der Waals surface area contributed by atoms with Crippen molar-refractivity contribution in [3.05, 3.63) is 35.4 Å². The van der Waals surface area contributed by atoms with Gasteiger partial charge in [-0.05, 0) is 25.3 Å². The lowest BCUT2D eigenvalue weighted by molar-refractivity contribution is -0.184. The Balaban J connectivity index is 1.95. The van der Waals surface area contributed by atoms with Crippen LogP contribution in [-0.4, -0.2) is 51.7 Å². The lowest BCUT2D eigenvalue weighted by Gasteiger charge is -2.50.